The predicted octanol–water partition coefficient (Wildman–Crippen LogP) is 1.74. The van der Waals surface area contributed by atoms with Gasteiger partial charge in [0.15, 0.2) is 0 Å². The van der Waals surface area contributed by atoms with Gasteiger partial charge in [-0.05, 0) is 18.3 Å². The lowest BCUT2D eigenvalue weighted by molar-refractivity contribution is -0.126. The summed E-state index contributed by atoms with van der Waals surface area (Å²) in [6.07, 6.45) is 6.35. The fourth-order valence-corrected chi connectivity index (χ4v) is 2.25. The van der Waals surface area contributed by atoms with Gasteiger partial charge < -0.3 is 14.8 Å². The Labute approximate surface area is 104 Å². The maximum atomic E-state index is 11.5. The van der Waals surface area contributed by atoms with Gasteiger partial charge in [-0.15, -0.1) is 0 Å². The van der Waals surface area contributed by atoms with Crippen LogP contribution in [0.2, 0.25) is 0 Å². The number of carbonyl (C=O) groups is 1. The van der Waals surface area contributed by atoms with Crippen LogP contribution in [0.25, 0.3) is 0 Å². The summed E-state index contributed by atoms with van der Waals surface area (Å²) in [7, 11) is 1.62. The molecule has 1 amide bonds. The van der Waals surface area contributed by atoms with E-state index in [4.69, 9.17) is 9.47 Å². The number of hydrogen-bond donors (Lipinski definition) is 1. The van der Waals surface area contributed by atoms with Crippen LogP contribution in [0, 0.1) is 5.41 Å². The van der Waals surface area contributed by atoms with Gasteiger partial charge in [0.25, 0.3) is 0 Å². The van der Waals surface area contributed by atoms with E-state index in [2.05, 4.69) is 12.2 Å². The van der Waals surface area contributed by atoms with E-state index in [1.807, 2.05) is 0 Å². The van der Waals surface area contributed by atoms with Crippen molar-refractivity contribution in [3.05, 3.63) is 0 Å². The van der Waals surface area contributed by atoms with Crippen LogP contribution in [0.3, 0.4) is 0 Å². The lowest BCUT2D eigenvalue weighted by Crippen LogP contribution is -2.38. The molecule has 4 heteroatoms. The number of methoxy groups -OCH3 is 1. The molecule has 0 aromatic rings. The fourth-order valence-electron chi connectivity index (χ4n) is 2.25. The summed E-state index contributed by atoms with van der Waals surface area (Å²) in [5, 5.41) is 2.97. The smallest absolute Gasteiger partial charge is 0.246 e. The molecule has 0 saturated heterocycles. The molecule has 0 bridgehead atoms. The molecule has 1 aliphatic carbocycles. The molecule has 0 aromatic heterocycles. The summed E-state index contributed by atoms with van der Waals surface area (Å²) in [5.41, 5.74) is 0.292. The van der Waals surface area contributed by atoms with Crippen molar-refractivity contribution in [2.24, 2.45) is 5.41 Å². The summed E-state index contributed by atoms with van der Waals surface area (Å²) >= 11 is 0. The Bertz CT molecular complexity index is 225. The van der Waals surface area contributed by atoms with Crippen LogP contribution in [0.5, 0.6) is 0 Å². The highest BCUT2D eigenvalue weighted by atomic mass is 16.5. The quantitative estimate of drug-likeness (QED) is 0.693. The third-order valence-electron chi connectivity index (χ3n) is 3.44. The standard InChI is InChI=1S/C13H25NO3/c1-13(6-4-3-5-7-13)11-14-12(15)10-17-9-8-16-2/h3-11H2,1-2H3,(H,14,15). The molecule has 100 valence electrons. The van der Waals surface area contributed by atoms with Crippen molar-refractivity contribution in [2.75, 3.05) is 33.5 Å². The van der Waals surface area contributed by atoms with Crippen LogP contribution >= 0.6 is 0 Å². The Morgan fingerprint density at radius 2 is 1.94 bits per heavy atom. The van der Waals surface area contributed by atoms with Crippen molar-refractivity contribution in [1.29, 1.82) is 0 Å². The summed E-state index contributed by atoms with van der Waals surface area (Å²) in [6, 6.07) is 0. The van der Waals surface area contributed by atoms with E-state index in [1.165, 1.54) is 32.1 Å². The lowest BCUT2D eigenvalue weighted by atomic mass is 9.76. The minimum atomic E-state index is -0.0205. The molecular formula is C13H25NO3. The minimum absolute atomic E-state index is 0.0205. The topological polar surface area (TPSA) is 47.6 Å². The molecule has 0 unspecified atom stereocenters. The third kappa shape index (κ3) is 6.03. The summed E-state index contributed by atoms with van der Waals surface area (Å²) in [5.74, 6) is -0.0205. The summed E-state index contributed by atoms with van der Waals surface area (Å²) < 4.78 is 10.0. The molecule has 1 N–H and O–H groups in total. The van der Waals surface area contributed by atoms with Gasteiger partial charge in [-0.1, -0.05) is 26.2 Å². The first-order valence-corrected chi connectivity index (χ1v) is 6.50. The highest BCUT2D eigenvalue weighted by molar-refractivity contribution is 5.77. The van der Waals surface area contributed by atoms with E-state index < -0.39 is 0 Å². The minimum Gasteiger partial charge on any atom is -0.382 e. The lowest BCUT2D eigenvalue weighted by Gasteiger charge is -2.33. The van der Waals surface area contributed by atoms with E-state index in [1.54, 1.807) is 7.11 Å². The maximum Gasteiger partial charge on any atom is 0.246 e. The monoisotopic (exact) mass is 243 g/mol. The SMILES string of the molecule is COCCOCC(=O)NCC1(C)CCCCC1. The number of rotatable bonds is 7. The molecule has 0 aliphatic heterocycles. The van der Waals surface area contributed by atoms with Crippen molar-refractivity contribution in [2.45, 2.75) is 39.0 Å². The fraction of sp³-hybridized carbons (Fsp3) is 0.923. The summed E-state index contributed by atoms with van der Waals surface area (Å²) in [4.78, 5) is 11.5. The average molecular weight is 243 g/mol. The average Bonchev–Trinajstić information content (AvgIpc) is 2.33. The van der Waals surface area contributed by atoms with Crippen LogP contribution in [-0.2, 0) is 14.3 Å². The van der Waals surface area contributed by atoms with E-state index in [0.717, 1.165) is 6.54 Å². The Balaban J connectivity index is 2.10. The first kappa shape index (κ1) is 14.5. The van der Waals surface area contributed by atoms with Crippen molar-refractivity contribution in [3.63, 3.8) is 0 Å². The highest BCUT2D eigenvalue weighted by Crippen LogP contribution is 2.34. The first-order chi connectivity index (χ1) is 8.16. The Morgan fingerprint density at radius 3 is 2.59 bits per heavy atom. The van der Waals surface area contributed by atoms with Gasteiger partial charge in [0.05, 0.1) is 13.2 Å². The van der Waals surface area contributed by atoms with Crippen LogP contribution in [0.4, 0.5) is 0 Å². The second-order valence-electron chi connectivity index (χ2n) is 5.19. The molecule has 0 aromatic carbocycles. The zero-order valence-electron chi connectivity index (χ0n) is 11.1. The predicted molar refractivity (Wildman–Crippen MR) is 66.9 cm³/mol. The molecular weight excluding hydrogens is 218 g/mol. The van der Waals surface area contributed by atoms with Gasteiger partial charge in [-0.3, -0.25) is 4.79 Å². The van der Waals surface area contributed by atoms with Crippen LogP contribution in [0.15, 0.2) is 0 Å². The van der Waals surface area contributed by atoms with Crippen LogP contribution in [0.1, 0.15) is 39.0 Å². The molecule has 0 atom stereocenters. The Morgan fingerprint density at radius 1 is 1.24 bits per heavy atom. The number of nitrogens with one attached hydrogen (secondary N) is 1. The second kappa shape index (κ2) is 7.67. The van der Waals surface area contributed by atoms with Gasteiger partial charge in [0, 0.05) is 13.7 Å². The normalized spacial score (nSPS) is 18.9. The molecule has 0 heterocycles. The molecule has 1 rings (SSSR count). The van der Waals surface area contributed by atoms with Crippen LogP contribution in [-0.4, -0.2) is 39.4 Å². The van der Waals surface area contributed by atoms with Crippen molar-refractivity contribution >= 4 is 5.91 Å². The molecule has 0 radical (unpaired) electrons. The number of ether oxygens (including phenoxy) is 2. The van der Waals surface area contributed by atoms with Crippen LogP contribution < -0.4 is 5.32 Å². The molecule has 1 saturated carbocycles. The number of amides is 1. The molecule has 4 nitrogen and oxygen atoms in total. The van der Waals surface area contributed by atoms with E-state index >= 15 is 0 Å². The number of carbonyl (C=O) groups excluding carboxylic acids is 1. The zero-order valence-corrected chi connectivity index (χ0v) is 11.1. The Hall–Kier alpha value is -0.610. The van der Waals surface area contributed by atoms with Crippen molar-refractivity contribution < 1.29 is 14.3 Å². The van der Waals surface area contributed by atoms with Gasteiger partial charge >= 0.3 is 0 Å². The van der Waals surface area contributed by atoms with E-state index in [-0.39, 0.29) is 12.5 Å². The van der Waals surface area contributed by atoms with E-state index in [9.17, 15) is 4.79 Å². The second-order valence-corrected chi connectivity index (χ2v) is 5.19. The van der Waals surface area contributed by atoms with Gasteiger partial charge in [0.2, 0.25) is 5.91 Å². The summed E-state index contributed by atoms with van der Waals surface area (Å²) in [6.45, 7) is 4.18. The van der Waals surface area contributed by atoms with Gasteiger partial charge in [-0.25, -0.2) is 0 Å². The molecule has 17 heavy (non-hydrogen) atoms. The Kier molecular flexibility index (Phi) is 6.52. The maximum absolute atomic E-state index is 11.5. The number of hydrogen-bond acceptors (Lipinski definition) is 3. The first-order valence-electron chi connectivity index (χ1n) is 6.50. The zero-order chi connectivity index (χ0) is 12.6. The van der Waals surface area contributed by atoms with Crippen molar-refractivity contribution in [3.8, 4) is 0 Å². The van der Waals surface area contributed by atoms with Gasteiger partial charge in [0.1, 0.15) is 6.61 Å². The molecule has 1 aliphatic rings. The molecule has 1 fully saturated rings. The largest absolute Gasteiger partial charge is 0.382 e. The third-order valence-corrected chi connectivity index (χ3v) is 3.44. The highest BCUT2D eigenvalue weighted by Gasteiger charge is 2.26. The molecule has 0 spiro atoms. The van der Waals surface area contributed by atoms with E-state index in [0.29, 0.717) is 18.6 Å². The van der Waals surface area contributed by atoms with Crippen molar-refractivity contribution in [1.82, 2.24) is 5.32 Å². The van der Waals surface area contributed by atoms with Gasteiger partial charge in [-0.2, -0.15) is 0 Å².